The predicted octanol–water partition coefficient (Wildman–Crippen LogP) is 2.47. The minimum atomic E-state index is -4.38. The van der Waals surface area contributed by atoms with Gasteiger partial charge in [0.15, 0.2) is 0 Å². The molecule has 2 N–H and O–H groups in total. The summed E-state index contributed by atoms with van der Waals surface area (Å²) < 4.78 is 41.6. The monoisotopic (exact) mass is 262 g/mol. The highest BCUT2D eigenvalue weighted by atomic mass is 19.4. The number of alkyl halides is 3. The predicted molar refractivity (Wildman–Crippen MR) is 60.3 cm³/mol. The Hall–Kier alpha value is -1.76. The summed E-state index contributed by atoms with van der Waals surface area (Å²) in [6.07, 6.45) is -5.09. The SMILES string of the molecule is CNCCOC(=O)Nc1ccc(C(F)(F)F)cc1. The van der Waals surface area contributed by atoms with E-state index < -0.39 is 17.8 Å². The van der Waals surface area contributed by atoms with Crippen molar-refractivity contribution >= 4 is 11.8 Å². The summed E-state index contributed by atoms with van der Waals surface area (Å²) in [6, 6.07) is 4.12. The molecule has 7 heteroatoms. The first-order valence-electron chi connectivity index (χ1n) is 5.19. The Balaban J connectivity index is 2.51. The zero-order valence-corrected chi connectivity index (χ0v) is 9.67. The minimum Gasteiger partial charge on any atom is -0.448 e. The van der Waals surface area contributed by atoms with Crippen LogP contribution in [0.3, 0.4) is 0 Å². The third-order valence-electron chi connectivity index (χ3n) is 2.04. The smallest absolute Gasteiger partial charge is 0.416 e. The number of likely N-dealkylation sites (N-methyl/N-ethyl adjacent to an activating group) is 1. The minimum absolute atomic E-state index is 0.184. The van der Waals surface area contributed by atoms with Gasteiger partial charge in [-0.05, 0) is 31.3 Å². The highest BCUT2D eigenvalue weighted by Gasteiger charge is 2.29. The number of benzene rings is 1. The zero-order chi connectivity index (χ0) is 13.6. The average Bonchev–Trinajstić information content (AvgIpc) is 2.29. The van der Waals surface area contributed by atoms with Crippen molar-refractivity contribution in [3.8, 4) is 0 Å². The summed E-state index contributed by atoms with van der Waals surface area (Å²) in [5.41, 5.74) is -0.519. The molecule has 1 amide bonds. The van der Waals surface area contributed by atoms with E-state index in [2.05, 4.69) is 10.6 Å². The first kappa shape index (κ1) is 14.3. The molecule has 0 spiro atoms. The molecule has 0 heterocycles. The Labute approximate surface area is 102 Å². The lowest BCUT2D eigenvalue weighted by Crippen LogP contribution is -2.20. The van der Waals surface area contributed by atoms with Crippen LogP contribution >= 0.6 is 0 Å². The van der Waals surface area contributed by atoms with Gasteiger partial charge in [-0.3, -0.25) is 5.32 Å². The molecule has 1 aromatic carbocycles. The molecule has 1 rings (SSSR count). The maximum absolute atomic E-state index is 12.3. The van der Waals surface area contributed by atoms with E-state index in [0.717, 1.165) is 12.1 Å². The van der Waals surface area contributed by atoms with E-state index in [0.29, 0.717) is 6.54 Å². The Morgan fingerprint density at radius 3 is 2.39 bits per heavy atom. The molecule has 0 radical (unpaired) electrons. The van der Waals surface area contributed by atoms with Crippen LogP contribution in [0.4, 0.5) is 23.7 Å². The number of ether oxygens (including phenoxy) is 1. The van der Waals surface area contributed by atoms with Gasteiger partial charge in [0.05, 0.1) is 5.56 Å². The topological polar surface area (TPSA) is 50.4 Å². The van der Waals surface area contributed by atoms with Gasteiger partial charge in [-0.2, -0.15) is 13.2 Å². The van der Waals surface area contributed by atoms with Gasteiger partial charge in [0, 0.05) is 12.2 Å². The Bertz CT molecular complexity index is 390. The van der Waals surface area contributed by atoms with Gasteiger partial charge in [0.1, 0.15) is 6.61 Å². The van der Waals surface area contributed by atoms with Gasteiger partial charge in [-0.25, -0.2) is 4.79 Å². The van der Waals surface area contributed by atoms with Crippen molar-refractivity contribution in [2.45, 2.75) is 6.18 Å². The number of amides is 1. The number of hydrogen-bond donors (Lipinski definition) is 2. The van der Waals surface area contributed by atoms with E-state index in [1.807, 2.05) is 0 Å². The lowest BCUT2D eigenvalue weighted by Gasteiger charge is -2.09. The van der Waals surface area contributed by atoms with Gasteiger partial charge in [0.2, 0.25) is 0 Å². The molecule has 18 heavy (non-hydrogen) atoms. The zero-order valence-electron chi connectivity index (χ0n) is 9.67. The van der Waals surface area contributed by atoms with Crippen LogP contribution in [-0.4, -0.2) is 26.3 Å². The summed E-state index contributed by atoms with van der Waals surface area (Å²) in [7, 11) is 1.71. The standard InChI is InChI=1S/C11H13F3N2O2/c1-15-6-7-18-10(17)16-9-4-2-8(3-5-9)11(12,13)14/h2-5,15H,6-7H2,1H3,(H,16,17). The van der Waals surface area contributed by atoms with Crippen LogP contribution in [0.5, 0.6) is 0 Å². The molecule has 0 fully saturated rings. The first-order valence-corrected chi connectivity index (χ1v) is 5.19. The molecule has 0 aliphatic carbocycles. The summed E-state index contributed by atoms with van der Waals surface area (Å²) in [5.74, 6) is 0. The van der Waals surface area contributed by atoms with E-state index in [4.69, 9.17) is 4.74 Å². The molecule has 0 aromatic heterocycles. The van der Waals surface area contributed by atoms with Crippen LogP contribution in [0.15, 0.2) is 24.3 Å². The number of hydrogen-bond acceptors (Lipinski definition) is 3. The molecular formula is C11H13F3N2O2. The number of halogens is 3. The van der Waals surface area contributed by atoms with E-state index in [1.54, 1.807) is 7.05 Å². The number of carbonyl (C=O) groups excluding carboxylic acids is 1. The fraction of sp³-hybridized carbons (Fsp3) is 0.364. The lowest BCUT2D eigenvalue weighted by molar-refractivity contribution is -0.137. The molecular weight excluding hydrogens is 249 g/mol. The molecule has 0 saturated carbocycles. The van der Waals surface area contributed by atoms with Crippen LogP contribution < -0.4 is 10.6 Å². The van der Waals surface area contributed by atoms with Gasteiger partial charge in [-0.1, -0.05) is 0 Å². The molecule has 0 aliphatic heterocycles. The fourth-order valence-electron chi connectivity index (χ4n) is 1.14. The third-order valence-corrected chi connectivity index (χ3v) is 2.04. The van der Waals surface area contributed by atoms with E-state index in [-0.39, 0.29) is 12.3 Å². The Morgan fingerprint density at radius 1 is 1.28 bits per heavy atom. The van der Waals surface area contributed by atoms with Gasteiger partial charge < -0.3 is 10.1 Å². The lowest BCUT2D eigenvalue weighted by atomic mass is 10.2. The van der Waals surface area contributed by atoms with Crippen molar-refractivity contribution < 1.29 is 22.7 Å². The molecule has 4 nitrogen and oxygen atoms in total. The Morgan fingerprint density at radius 2 is 1.89 bits per heavy atom. The van der Waals surface area contributed by atoms with Crippen molar-refractivity contribution in [3.05, 3.63) is 29.8 Å². The average molecular weight is 262 g/mol. The number of nitrogens with one attached hydrogen (secondary N) is 2. The molecule has 0 aliphatic rings. The second-order valence-corrected chi connectivity index (χ2v) is 3.44. The van der Waals surface area contributed by atoms with E-state index >= 15 is 0 Å². The first-order chi connectivity index (χ1) is 8.43. The molecule has 1 aromatic rings. The van der Waals surface area contributed by atoms with Crippen molar-refractivity contribution in [2.75, 3.05) is 25.5 Å². The summed E-state index contributed by atoms with van der Waals surface area (Å²) in [6.45, 7) is 0.684. The maximum Gasteiger partial charge on any atom is 0.416 e. The van der Waals surface area contributed by atoms with Gasteiger partial charge in [0.25, 0.3) is 0 Å². The highest BCUT2D eigenvalue weighted by molar-refractivity contribution is 5.84. The molecule has 0 unspecified atom stereocenters. The van der Waals surface area contributed by atoms with Crippen LogP contribution in [0.2, 0.25) is 0 Å². The molecule has 0 atom stereocenters. The second kappa shape index (κ2) is 6.25. The third kappa shape index (κ3) is 4.62. The van der Waals surface area contributed by atoms with Crippen molar-refractivity contribution in [1.29, 1.82) is 0 Å². The summed E-state index contributed by atoms with van der Waals surface area (Å²) in [4.78, 5) is 11.2. The molecule has 0 saturated heterocycles. The fourth-order valence-corrected chi connectivity index (χ4v) is 1.14. The largest absolute Gasteiger partial charge is 0.448 e. The second-order valence-electron chi connectivity index (χ2n) is 3.44. The number of anilines is 1. The Kier molecular flexibility index (Phi) is 4.96. The van der Waals surface area contributed by atoms with Crippen LogP contribution in [-0.2, 0) is 10.9 Å². The van der Waals surface area contributed by atoms with Gasteiger partial charge in [-0.15, -0.1) is 0 Å². The van der Waals surface area contributed by atoms with E-state index in [1.165, 1.54) is 12.1 Å². The number of carbonyl (C=O) groups is 1. The summed E-state index contributed by atoms with van der Waals surface area (Å²) >= 11 is 0. The normalized spacial score (nSPS) is 11.1. The molecule has 0 bridgehead atoms. The molecule has 100 valence electrons. The quantitative estimate of drug-likeness (QED) is 0.819. The maximum atomic E-state index is 12.3. The van der Waals surface area contributed by atoms with Gasteiger partial charge >= 0.3 is 12.3 Å². The van der Waals surface area contributed by atoms with Crippen LogP contribution in [0.25, 0.3) is 0 Å². The van der Waals surface area contributed by atoms with Crippen molar-refractivity contribution in [1.82, 2.24) is 5.32 Å². The van der Waals surface area contributed by atoms with Crippen molar-refractivity contribution in [3.63, 3.8) is 0 Å². The number of rotatable bonds is 4. The van der Waals surface area contributed by atoms with Crippen LogP contribution in [0, 0.1) is 0 Å². The highest BCUT2D eigenvalue weighted by Crippen LogP contribution is 2.29. The van der Waals surface area contributed by atoms with Crippen molar-refractivity contribution in [2.24, 2.45) is 0 Å². The van der Waals surface area contributed by atoms with E-state index in [9.17, 15) is 18.0 Å². The van der Waals surface area contributed by atoms with Crippen LogP contribution in [0.1, 0.15) is 5.56 Å². The summed E-state index contributed by atoms with van der Waals surface area (Å²) in [5, 5.41) is 5.10.